The molecule has 1 heterocycles. The van der Waals surface area contributed by atoms with Crippen molar-refractivity contribution in [3.63, 3.8) is 0 Å². The molecule has 0 spiro atoms. The Balaban J connectivity index is 2.77. The van der Waals surface area contributed by atoms with E-state index in [4.69, 9.17) is 0 Å². The Hall–Kier alpha value is -0.420. The van der Waals surface area contributed by atoms with Crippen LogP contribution in [0.4, 0.5) is 4.39 Å². The van der Waals surface area contributed by atoms with E-state index in [0.717, 1.165) is 10.9 Å². The molecule has 0 bridgehead atoms. The van der Waals surface area contributed by atoms with Crippen LogP contribution in [0.25, 0.3) is 0 Å². The molecule has 0 saturated heterocycles. The highest BCUT2D eigenvalue weighted by Gasteiger charge is 2.21. The molecule has 1 unspecified atom stereocenters. The Morgan fingerprint density at radius 3 is 2.83 bits per heavy atom. The third-order valence-corrected chi connectivity index (χ3v) is 2.91. The summed E-state index contributed by atoms with van der Waals surface area (Å²) < 4.78 is 18.1. The molecule has 1 rings (SSSR count). The first kappa shape index (κ1) is 9.67. The number of hydrogen-bond donors (Lipinski definition) is 0. The van der Waals surface area contributed by atoms with Gasteiger partial charge in [0.1, 0.15) is 0 Å². The molecule has 1 aromatic rings. The number of carbonyl (C=O) groups is 1. The number of halogens is 2. The maximum absolute atomic E-state index is 13.1. The van der Waals surface area contributed by atoms with E-state index < -0.39 is 12.1 Å². The van der Waals surface area contributed by atoms with Gasteiger partial charge in [-0.1, -0.05) is 0 Å². The molecule has 0 N–H and O–H groups in total. The quantitative estimate of drug-likeness (QED) is 0.757. The second-order valence-electron chi connectivity index (χ2n) is 2.03. The van der Waals surface area contributed by atoms with Crippen molar-refractivity contribution in [2.75, 3.05) is 7.11 Å². The van der Waals surface area contributed by atoms with Crippen LogP contribution in [0.5, 0.6) is 0 Å². The number of ether oxygens (including phenoxy) is 1. The van der Waals surface area contributed by atoms with E-state index in [0.29, 0.717) is 4.88 Å². The van der Waals surface area contributed by atoms with Gasteiger partial charge in [-0.25, -0.2) is 9.18 Å². The largest absolute Gasteiger partial charge is 0.467 e. The van der Waals surface area contributed by atoms with Gasteiger partial charge in [-0.15, -0.1) is 11.3 Å². The first-order valence-corrected chi connectivity index (χ1v) is 4.73. The molecule has 2 nitrogen and oxygen atoms in total. The summed E-state index contributed by atoms with van der Waals surface area (Å²) in [5.41, 5.74) is 0. The molecule has 0 aliphatic rings. The number of methoxy groups -OCH3 is 1. The van der Waals surface area contributed by atoms with Gasteiger partial charge in [-0.2, -0.15) is 0 Å². The summed E-state index contributed by atoms with van der Waals surface area (Å²) in [5, 5.41) is 0. The van der Waals surface area contributed by atoms with Crippen LogP contribution in [0.15, 0.2) is 15.9 Å². The van der Waals surface area contributed by atoms with Crippen molar-refractivity contribution in [2.45, 2.75) is 6.17 Å². The maximum atomic E-state index is 13.1. The van der Waals surface area contributed by atoms with Crippen LogP contribution in [0.3, 0.4) is 0 Å². The molecule has 0 radical (unpaired) electrons. The third-order valence-electron chi connectivity index (χ3n) is 1.25. The van der Waals surface area contributed by atoms with Gasteiger partial charge in [0.2, 0.25) is 6.17 Å². The van der Waals surface area contributed by atoms with Crippen molar-refractivity contribution in [2.24, 2.45) is 0 Å². The molecular weight excluding hydrogens is 247 g/mol. The highest BCUT2D eigenvalue weighted by Crippen LogP contribution is 2.29. The van der Waals surface area contributed by atoms with E-state index in [1.165, 1.54) is 11.3 Å². The van der Waals surface area contributed by atoms with Crippen LogP contribution in [-0.2, 0) is 9.53 Å². The Labute approximate surface area is 81.5 Å². The zero-order chi connectivity index (χ0) is 9.14. The van der Waals surface area contributed by atoms with Crippen LogP contribution in [0.2, 0.25) is 0 Å². The van der Waals surface area contributed by atoms with Crippen LogP contribution in [-0.4, -0.2) is 13.1 Å². The van der Waals surface area contributed by atoms with Crippen LogP contribution < -0.4 is 0 Å². The van der Waals surface area contributed by atoms with Crippen molar-refractivity contribution in [1.29, 1.82) is 0 Å². The fraction of sp³-hybridized carbons (Fsp3) is 0.286. The minimum atomic E-state index is -1.66. The van der Waals surface area contributed by atoms with E-state index in [1.54, 1.807) is 12.1 Å². The first-order valence-electron chi connectivity index (χ1n) is 3.12. The molecule has 0 aliphatic carbocycles. The number of thiophene rings is 1. The van der Waals surface area contributed by atoms with Gasteiger partial charge in [0, 0.05) is 0 Å². The smallest absolute Gasteiger partial charge is 0.346 e. The zero-order valence-electron chi connectivity index (χ0n) is 6.21. The van der Waals surface area contributed by atoms with E-state index in [2.05, 4.69) is 20.7 Å². The van der Waals surface area contributed by atoms with Gasteiger partial charge < -0.3 is 4.74 Å². The Morgan fingerprint density at radius 2 is 2.42 bits per heavy atom. The van der Waals surface area contributed by atoms with Crippen molar-refractivity contribution in [1.82, 2.24) is 0 Å². The summed E-state index contributed by atoms with van der Waals surface area (Å²) >= 11 is 4.35. The van der Waals surface area contributed by atoms with E-state index in [1.807, 2.05) is 0 Å². The topological polar surface area (TPSA) is 26.3 Å². The van der Waals surface area contributed by atoms with Gasteiger partial charge in [0.05, 0.1) is 15.8 Å². The summed E-state index contributed by atoms with van der Waals surface area (Å²) in [4.78, 5) is 11.1. The lowest BCUT2D eigenvalue weighted by molar-refractivity contribution is -0.146. The second-order valence-corrected chi connectivity index (χ2v) is 4.52. The molecule has 66 valence electrons. The van der Waals surface area contributed by atoms with Crippen molar-refractivity contribution in [3.05, 3.63) is 20.8 Å². The average molecular weight is 253 g/mol. The predicted octanol–water partition coefficient (Wildman–Crippen LogP) is 2.69. The molecule has 1 atom stereocenters. The number of esters is 1. The lowest BCUT2D eigenvalue weighted by Crippen LogP contribution is -2.07. The van der Waals surface area contributed by atoms with Crippen molar-refractivity contribution >= 4 is 33.2 Å². The second kappa shape index (κ2) is 4.00. The van der Waals surface area contributed by atoms with Gasteiger partial charge in [0.25, 0.3) is 0 Å². The van der Waals surface area contributed by atoms with Gasteiger partial charge in [-0.05, 0) is 28.1 Å². The van der Waals surface area contributed by atoms with E-state index in [9.17, 15) is 9.18 Å². The normalized spacial score (nSPS) is 12.6. The Bertz CT molecular complexity index is 287. The van der Waals surface area contributed by atoms with Crippen LogP contribution >= 0.6 is 27.3 Å². The third kappa shape index (κ3) is 2.04. The molecule has 0 saturated carbocycles. The van der Waals surface area contributed by atoms with E-state index >= 15 is 0 Å². The highest BCUT2D eigenvalue weighted by atomic mass is 79.9. The summed E-state index contributed by atoms with van der Waals surface area (Å²) in [6.45, 7) is 0. The van der Waals surface area contributed by atoms with Gasteiger partial charge >= 0.3 is 5.97 Å². The SMILES string of the molecule is COC(=O)C(F)c1ccc(Br)s1. The van der Waals surface area contributed by atoms with Crippen molar-refractivity contribution < 1.29 is 13.9 Å². The maximum Gasteiger partial charge on any atom is 0.346 e. The number of rotatable bonds is 2. The Kier molecular flexibility index (Phi) is 3.22. The average Bonchev–Trinajstić information content (AvgIpc) is 2.49. The summed E-state index contributed by atoms with van der Waals surface area (Å²) in [5.74, 6) is -0.857. The molecule has 0 fully saturated rings. The zero-order valence-corrected chi connectivity index (χ0v) is 8.62. The Morgan fingerprint density at radius 1 is 1.75 bits per heavy atom. The van der Waals surface area contributed by atoms with Gasteiger partial charge in [0.15, 0.2) is 0 Å². The summed E-state index contributed by atoms with van der Waals surface area (Å²) in [6, 6.07) is 3.24. The monoisotopic (exact) mass is 252 g/mol. The molecule has 5 heteroatoms. The lowest BCUT2D eigenvalue weighted by Gasteiger charge is -2.01. The van der Waals surface area contributed by atoms with Crippen LogP contribution in [0, 0.1) is 0 Å². The molecule has 1 aromatic heterocycles. The number of hydrogen-bond acceptors (Lipinski definition) is 3. The summed E-state index contributed by atoms with van der Waals surface area (Å²) in [7, 11) is 1.16. The minimum absolute atomic E-state index is 0.355. The minimum Gasteiger partial charge on any atom is -0.467 e. The summed E-state index contributed by atoms with van der Waals surface area (Å²) in [6.07, 6.45) is -1.66. The first-order chi connectivity index (χ1) is 5.65. The fourth-order valence-electron chi connectivity index (χ4n) is 0.684. The molecule has 0 amide bonds. The number of alkyl halides is 1. The van der Waals surface area contributed by atoms with E-state index in [-0.39, 0.29) is 0 Å². The lowest BCUT2D eigenvalue weighted by atomic mass is 10.3. The molecular formula is C7H6BrFO2S. The fourth-order valence-corrected chi connectivity index (χ4v) is 2.07. The molecule has 0 aliphatic heterocycles. The number of carbonyl (C=O) groups excluding carboxylic acids is 1. The molecule has 0 aromatic carbocycles. The standard InChI is InChI=1S/C7H6BrFO2S/c1-11-7(10)6(9)4-2-3-5(8)12-4/h2-3,6H,1H3. The highest BCUT2D eigenvalue weighted by molar-refractivity contribution is 9.11. The predicted molar refractivity (Wildman–Crippen MR) is 47.9 cm³/mol. The van der Waals surface area contributed by atoms with Crippen molar-refractivity contribution in [3.8, 4) is 0 Å². The van der Waals surface area contributed by atoms with Crippen LogP contribution in [0.1, 0.15) is 11.0 Å². The van der Waals surface area contributed by atoms with Gasteiger partial charge in [-0.3, -0.25) is 0 Å². The molecule has 12 heavy (non-hydrogen) atoms.